The molecule has 1 fully saturated rings. The summed E-state index contributed by atoms with van der Waals surface area (Å²) in [6.07, 6.45) is 5.51. The Bertz CT molecular complexity index is 441. The highest BCUT2D eigenvalue weighted by Crippen LogP contribution is 2.31. The summed E-state index contributed by atoms with van der Waals surface area (Å²) < 4.78 is 26.3. The summed E-state index contributed by atoms with van der Waals surface area (Å²) in [5.74, 6) is 0. The molecule has 90 valence electrons. The van der Waals surface area contributed by atoms with Crippen LogP contribution in [0.3, 0.4) is 0 Å². The van der Waals surface area contributed by atoms with Gasteiger partial charge < -0.3 is 4.98 Å². The number of hydrogen-bond donors (Lipinski definition) is 1. The van der Waals surface area contributed by atoms with Crippen molar-refractivity contribution in [1.29, 1.82) is 0 Å². The van der Waals surface area contributed by atoms with Crippen molar-refractivity contribution in [2.75, 3.05) is 0 Å². The van der Waals surface area contributed by atoms with E-state index in [0.29, 0.717) is 0 Å². The van der Waals surface area contributed by atoms with Gasteiger partial charge in [-0.05, 0) is 26.2 Å². The molecule has 2 atom stereocenters. The highest BCUT2D eigenvalue weighted by Gasteiger charge is 2.39. The van der Waals surface area contributed by atoms with Crippen molar-refractivity contribution >= 4 is 10.0 Å². The second-order valence-electron chi connectivity index (χ2n) is 4.24. The third-order valence-electron chi connectivity index (χ3n) is 3.21. The van der Waals surface area contributed by atoms with E-state index >= 15 is 0 Å². The van der Waals surface area contributed by atoms with E-state index in [4.69, 9.17) is 0 Å². The molecule has 1 aromatic heterocycles. The summed E-state index contributed by atoms with van der Waals surface area (Å²) in [5, 5.41) is 0.194. The fourth-order valence-corrected chi connectivity index (χ4v) is 4.21. The Hall–Kier alpha value is -0.880. The Balaban J connectivity index is 2.36. The maximum atomic E-state index is 12.3. The molecule has 2 heterocycles. The minimum absolute atomic E-state index is 0.0817. The summed E-state index contributed by atoms with van der Waals surface area (Å²) in [7, 11) is -3.39. The molecular weight excluding hydrogens is 226 g/mol. The van der Waals surface area contributed by atoms with Crippen molar-refractivity contribution in [3.8, 4) is 0 Å². The number of nitrogens with zero attached hydrogens (tertiary/aromatic N) is 2. The smallest absolute Gasteiger partial charge is 0.260 e. The van der Waals surface area contributed by atoms with E-state index in [9.17, 15) is 8.42 Å². The highest BCUT2D eigenvalue weighted by molar-refractivity contribution is 7.89. The zero-order valence-electron chi connectivity index (χ0n) is 9.55. The molecule has 5 nitrogen and oxygen atoms in total. The van der Waals surface area contributed by atoms with E-state index < -0.39 is 10.0 Å². The SMILES string of the molecule is CCC1CCC(C)N1S(=O)(=O)c1cnc[nH]1. The molecule has 1 saturated heterocycles. The molecule has 0 amide bonds. The zero-order chi connectivity index (χ0) is 11.8. The number of H-pyrrole nitrogens is 1. The normalized spacial score (nSPS) is 27.4. The molecule has 1 aliphatic rings. The first-order chi connectivity index (χ1) is 7.57. The first-order valence-corrected chi connectivity index (χ1v) is 7.03. The van der Waals surface area contributed by atoms with Gasteiger partial charge in [-0.15, -0.1) is 0 Å². The van der Waals surface area contributed by atoms with Gasteiger partial charge in [-0.3, -0.25) is 0 Å². The van der Waals surface area contributed by atoms with Crippen molar-refractivity contribution in [1.82, 2.24) is 14.3 Å². The van der Waals surface area contributed by atoms with Crippen LogP contribution in [-0.4, -0.2) is 34.8 Å². The highest BCUT2D eigenvalue weighted by atomic mass is 32.2. The van der Waals surface area contributed by atoms with Crippen LogP contribution in [0.5, 0.6) is 0 Å². The molecule has 0 aromatic carbocycles. The van der Waals surface area contributed by atoms with Crippen LogP contribution in [0.1, 0.15) is 33.1 Å². The molecule has 0 spiro atoms. The van der Waals surface area contributed by atoms with Crippen LogP contribution in [0.25, 0.3) is 0 Å². The van der Waals surface area contributed by atoms with Gasteiger partial charge in [-0.25, -0.2) is 13.4 Å². The third-order valence-corrected chi connectivity index (χ3v) is 5.20. The van der Waals surface area contributed by atoms with Crippen LogP contribution in [-0.2, 0) is 10.0 Å². The lowest BCUT2D eigenvalue weighted by atomic mass is 10.2. The lowest BCUT2D eigenvalue weighted by Gasteiger charge is -2.25. The standard InChI is InChI=1S/C10H17N3O2S/c1-3-9-5-4-8(2)13(9)16(14,15)10-6-11-7-12-10/h6-9H,3-5H2,1-2H3,(H,11,12). The van der Waals surface area contributed by atoms with Crippen molar-refractivity contribution in [2.45, 2.75) is 50.2 Å². The molecular formula is C10H17N3O2S. The molecule has 1 aliphatic heterocycles. The van der Waals surface area contributed by atoms with E-state index in [0.717, 1.165) is 19.3 Å². The van der Waals surface area contributed by atoms with Gasteiger partial charge in [0.25, 0.3) is 10.0 Å². The fourth-order valence-electron chi connectivity index (χ4n) is 2.36. The van der Waals surface area contributed by atoms with Gasteiger partial charge in [0.05, 0.1) is 12.5 Å². The fraction of sp³-hybridized carbons (Fsp3) is 0.700. The van der Waals surface area contributed by atoms with Crippen LogP contribution in [0.4, 0.5) is 0 Å². The quantitative estimate of drug-likeness (QED) is 0.871. The molecule has 0 saturated carbocycles. The van der Waals surface area contributed by atoms with E-state index in [1.54, 1.807) is 4.31 Å². The molecule has 6 heteroatoms. The van der Waals surface area contributed by atoms with Crippen molar-refractivity contribution < 1.29 is 8.42 Å². The molecule has 2 rings (SSSR count). The second-order valence-corrected chi connectivity index (χ2v) is 6.05. The zero-order valence-corrected chi connectivity index (χ0v) is 10.4. The van der Waals surface area contributed by atoms with Gasteiger partial charge in [0, 0.05) is 12.1 Å². The van der Waals surface area contributed by atoms with Crippen LogP contribution >= 0.6 is 0 Å². The summed E-state index contributed by atoms with van der Waals surface area (Å²) in [6.45, 7) is 3.99. The van der Waals surface area contributed by atoms with Crippen molar-refractivity contribution in [3.63, 3.8) is 0 Å². The average molecular weight is 243 g/mol. The summed E-state index contributed by atoms with van der Waals surface area (Å²) >= 11 is 0. The summed E-state index contributed by atoms with van der Waals surface area (Å²) in [5.41, 5.74) is 0. The number of rotatable bonds is 3. The molecule has 0 aliphatic carbocycles. The average Bonchev–Trinajstić information content (AvgIpc) is 2.85. The van der Waals surface area contributed by atoms with Gasteiger partial charge in [0.1, 0.15) is 0 Å². The second kappa shape index (κ2) is 4.18. The van der Waals surface area contributed by atoms with Gasteiger partial charge in [0.15, 0.2) is 5.03 Å². The first-order valence-electron chi connectivity index (χ1n) is 5.59. The third kappa shape index (κ3) is 1.76. The monoisotopic (exact) mass is 243 g/mol. The van der Waals surface area contributed by atoms with Crippen molar-refractivity contribution in [2.24, 2.45) is 0 Å². The number of nitrogens with one attached hydrogen (secondary N) is 1. The van der Waals surface area contributed by atoms with E-state index in [1.807, 2.05) is 13.8 Å². The lowest BCUT2D eigenvalue weighted by molar-refractivity contribution is 0.327. The lowest BCUT2D eigenvalue weighted by Crippen LogP contribution is -2.39. The van der Waals surface area contributed by atoms with Gasteiger partial charge in [0.2, 0.25) is 0 Å². The maximum absolute atomic E-state index is 12.3. The predicted molar refractivity (Wildman–Crippen MR) is 60.4 cm³/mol. The molecule has 1 N–H and O–H groups in total. The largest absolute Gasteiger partial charge is 0.335 e. The van der Waals surface area contributed by atoms with Crippen LogP contribution in [0, 0.1) is 0 Å². The Morgan fingerprint density at radius 1 is 1.56 bits per heavy atom. The predicted octanol–water partition coefficient (Wildman–Crippen LogP) is 1.36. The Kier molecular flexibility index (Phi) is 3.03. The van der Waals surface area contributed by atoms with E-state index in [-0.39, 0.29) is 17.1 Å². The minimum Gasteiger partial charge on any atom is -0.335 e. The molecule has 2 unspecified atom stereocenters. The van der Waals surface area contributed by atoms with Gasteiger partial charge >= 0.3 is 0 Å². The van der Waals surface area contributed by atoms with Gasteiger partial charge in [-0.2, -0.15) is 4.31 Å². The molecule has 16 heavy (non-hydrogen) atoms. The number of sulfonamides is 1. The molecule has 1 aromatic rings. The number of aromatic amines is 1. The maximum Gasteiger partial charge on any atom is 0.260 e. The van der Waals surface area contributed by atoms with Crippen LogP contribution in [0.15, 0.2) is 17.6 Å². The summed E-state index contributed by atoms with van der Waals surface area (Å²) in [4.78, 5) is 6.45. The van der Waals surface area contributed by atoms with E-state index in [2.05, 4.69) is 9.97 Å². The number of hydrogen-bond acceptors (Lipinski definition) is 3. The molecule has 0 bridgehead atoms. The summed E-state index contributed by atoms with van der Waals surface area (Å²) in [6, 6.07) is 0.210. The topological polar surface area (TPSA) is 66.1 Å². The van der Waals surface area contributed by atoms with Crippen molar-refractivity contribution in [3.05, 3.63) is 12.5 Å². The van der Waals surface area contributed by atoms with E-state index in [1.165, 1.54) is 12.5 Å². The van der Waals surface area contributed by atoms with Gasteiger partial charge in [-0.1, -0.05) is 6.92 Å². The number of imidazole rings is 1. The minimum atomic E-state index is -3.39. The Labute approximate surface area is 95.9 Å². The molecule has 0 radical (unpaired) electrons. The van der Waals surface area contributed by atoms with Crippen LogP contribution < -0.4 is 0 Å². The first kappa shape index (κ1) is 11.6. The number of aromatic nitrogens is 2. The van der Waals surface area contributed by atoms with Crippen LogP contribution in [0.2, 0.25) is 0 Å². The Morgan fingerprint density at radius 2 is 2.31 bits per heavy atom. The Morgan fingerprint density at radius 3 is 2.88 bits per heavy atom.